The van der Waals surface area contributed by atoms with Crippen molar-refractivity contribution in [2.75, 3.05) is 25.0 Å². The third-order valence-electron chi connectivity index (χ3n) is 3.30. The van der Waals surface area contributed by atoms with Gasteiger partial charge in [-0.3, -0.25) is 4.79 Å². The molecule has 0 fully saturated rings. The Labute approximate surface area is 135 Å². The van der Waals surface area contributed by atoms with Crippen LogP contribution in [0, 0.1) is 0 Å². The highest BCUT2D eigenvalue weighted by atomic mass is 35.5. The first-order valence-corrected chi connectivity index (χ1v) is 7.42. The Kier molecular flexibility index (Phi) is 5.81. The van der Waals surface area contributed by atoms with Crippen LogP contribution < -0.4 is 10.2 Å². The molecule has 2 rings (SSSR count). The number of halogens is 1. The van der Waals surface area contributed by atoms with E-state index in [1.807, 2.05) is 42.3 Å². The summed E-state index contributed by atoms with van der Waals surface area (Å²) < 4.78 is 0. The monoisotopic (exact) mass is 318 g/mol. The molecule has 0 saturated heterocycles. The third-order valence-corrected chi connectivity index (χ3v) is 3.63. The second kappa shape index (κ2) is 7.82. The molecule has 4 nitrogen and oxygen atoms in total. The zero-order valence-corrected chi connectivity index (χ0v) is 13.1. The van der Waals surface area contributed by atoms with Crippen LogP contribution in [-0.4, -0.2) is 37.3 Å². The Morgan fingerprint density at radius 3 is 2.50 bits per heavy atom. The summed E-state index contributed by atoms with van der Waals surface area (Å²) >= 11 is 5.97. The molecule has 2 aromatic carbocycles. The zero-order valence-electron chi connectivity index (χ0n) is 12.4. The average molecular weight is 319 g/mol. The van der Waals surface area contributed by atoms with Crippen LogP contribution in [0.15, 0.2) is 54.6 Å². The predicted molar refractivity (Wildman–Crippen MR) is 89.5 cm³/mol. The first kappa shape index (κ1) is 16.3. The molecule has 1 amide bonds. The molecule has 0 aliphatic carbocycles. The molecule has 0 radical (unpaired) electrons. The van der Waals surface area contributed by atoms with Gasteiger partial charge in [0.25, 0.3) is 5.91 Å². The summed E-state index contributed by atoms with van der Waals surface area (Å²) in [6.07, 6.45) is -0.670. The normalized spacial score (nSPS) is 11.8. The Balaban J connectivity index is 1.84. The minimum absolute atomic E-state index is 0.168. The average Bonchev–Trinajstić information content (AvgIpc) is 2.54. The van der Waals surface area contributed by atoms with E-state index in [4.69, 9.17) is 11.6 Å². The van der Waals surface area contributed by atoms with Gasteiger partial charge in [-0.15, -0.1) is 0 Å². The summed E-state index contributed by atoms with van der Waals surface area (Å²) in [5.41, 5.74) is 1.42. The fourth-order valence-corrected chi connectivity index (χ4v) is 2.34. The lowest BCUT2D eigenvalue weighted by atomic mass is 10.2. The van der Waals surface area contributed by atoms with Crippen molar-refractivity contribution in [3.8, 4) is 0 Å². The van der Waals surface area contributed by atoms with Gasteiger partial charge in [0.2, 0.25) is 0 Å². The molecule has 5 heteroatoms. The van der Waals surface area contributed by atoms with Gasteiger partial charge in [0.05, 0.1) is 16.7 Å². The SMILES string of the molecule is CN(CC(O)CNC(=O)c1ccccc1Cl)c1ccccc1. The van der Waals surface area contributed by atoms with Gasteiger partial charge in [-0.1, -0.05) is 41.9 Å². The summed E-state index contributed by atoms with van der Waals surface area (Å²) in [5, 5.41) is 13.2. The number of hydrogen-bond donors (Lipinski definition) is 2. The molecule has 0 spiro atoms. The number of amides is 1. The Hall–Kier alpha value is -2.04. The van der Waals surface area contributed by atoms with E-state index in [1.54, 1.807) is 24.3 Å². The minimum atomic E-state index is -0.670. The highest BCUT2D eigenvalue weighted by Gasteiger charge is 2.13. The number of para-hydroxylation sites is 1. The first-order valence-electron chi connectivity index (χ1n) is 7.05. The molecule has 0 heterocycles. The number of aliphatic hydroxyl groups is 1. The fraction of sp³-hybridized carbons (Fsp3) is 0.235. The van der Waals surface area contributed by atoms with Crippen molar-refractivity contribution in [2.45, 2.75) is 6.10 Å². The second-order valence-electron chi connectivity index (χ2n) is 5.06. The molecular formula is C17H19ClN2O2. The lowest BCUT2D eigenvalue weighted by Crippen LogP contribution is -2.39. The molecule has 1 unspecified atom stereocenters. The number of nitrogens with one attached hydrogen (secondary N) is 1. The fourth-order valence-electron chi connectivity index (χ4n) is 2.12. The lowest BCUT2D eigenvalue weighted by molar-refractivity contribution is 0.0919. The van der Waals surface area contributed by atoms with Crippen LogP contribution in [0.3, 0.4) is 0 Å². The third kappa shape index (κ3) is 4.48. The number of benzene rings is 2. The van der Waals surface area contributed by atoms with Gasteiger partial charge < -0.3 is 15.3 Å². The molecule has 116 valence electrons. The van der Waals surface area contributed by atoms with Crippen LogP contribution >= 0.6 is 11.6 Å². The van der Waals surface area contributed by atoms with E-state index in [1.165, 1.54) is 0 Å². The van der Waals surface area contributed by atoms with E-state index in [0.29, 0.717) is 17.1 Å². The highest BCUT2D eigenvalue weighted by Crippen LogP contribution is 2.14. The zero-order chi connectivity index (χ0) is 15.9. The maximum atomic E-state index is 12.0. The molecule has 2 N–H and O–H groups in total. The van der Waals surface area contributed by atoms with E-state index < -0.39 is 6.10 Å². The van der Waals surface area contributed by atoms with Gasteiger partial charge in [0.1, 0.15) is 0 Å². The van der Waals surface area contributed by atoms with Gasteiger partial charge in [-0.05, 0) is 24.3 Å². The largest absolute Gasteiger partial charge is 0.389 e. The van der Waals surface area contributed by atoms with Crippen molar-refractivity contribution < 1.29 is 9.90 Å². The topological polar surface area (TPSA) is 52.6 Å². The molecule has 1 atom stereocenters. The van der Waals surface area contributed by atoms with Crippen molar-refractivity contribution >= 4 is 23.2 Å². The molecule has 22 heavy (non-hydrogen) atoms. The number of carbonyl (C=O) groups is 1. The molecule has 0 bridgehead atoms. The van der Waals surface area contributed by atoms with Crippen LogP contribution in [0.5, 0.6) is 0 Å². The van der Waals surface area contributed by atoms with Gasteiger partial charge in [0.15, 0.2) is 0 Å². The molecule has 0 aromatic heterocycles. The summed E-state index contributed by atoms with van der Waals surface area (Å²) in [5.74, 6) is -0.285. The van der Waals surface area contributed by atoms with Gasteiger partial charge >= 0.3 is 0 Å². The van der Waals surface area contributed by atoms with Crippen molar-refractivity contribution in [3.05, 3.63) is 65.2 Å². The number of anilines is 1. The van der Waals surface area contributed by atoms with E-state index in [0.717, 1.165) is 5.69 Å². The molecule has 2 aromatic rings. The first-order chi connectivity index (χ1) is 10.6. The van der Waals surface area contributed by atoms with Gasteiger partial charge in [0, 0.05) is 25.8 Å². The molecule has 0 saturated carbocycles. The van der Waals surface area contributed by atoms with E-state index in [-0.39, 0.29) is 12.5 Å². The van der Waals surface area contributed by atoms with E-state index in [2.05, 4.69) is 5.32 Å². The Bertz CT molecular complexity index is 619. The quantitative estimate of drug-likeness (QED) is 0.860. The number of hydrogen-bond acceptors (Lipinski definition) is 3. The van der Waals surface area contributed by atoms with Crippen molar-refractivity contribution in [2.24, 2.45) is 0 Å². The molecule has 0 aliphatic rings. The summed E-state index contributed by atoms with van der Waals surface area (Å²) in [6.45, 7) is 0.591. The van der Waals surface area contributed by atoms with Crippen LogP contribution in [0.25, 0.3) is 0 Å². The number of likely N-dealkylation sites (N-methyl/N-ethyl adjacent to an activating group) is 1. The number of nitrogens with zero attached hydrogens (tertiary/aromatic N) is 1. The Morgan fingerprint density at radius 2 is 1.82 bits per heavy atom. The maximum absolute atomic E-state index is 12.0. The smallest absolute Gasteiger partial charge is 0.252 e. The summed E-state index contributed by atoms with van der Waals surface area (Å²) in [6, 6.07) is 16.6. The van der Waals surface area contributed by atoms with Crippen molar-refractivity contribution in [3.63, 3.8) is 0 Å². The van der Waals surface area contributed by atoms with Crippen molar-refractivity contribution in [1.82, 2.24) is 5.32 Å². The van der Waals surface area contributed by atoms with Gasteiger partial charge in [-0.25, -0.2) is 0 Å². The van der Waals surface area contributed by atoms with E-state index in [9.17, 15) is 9.90 Å². The lowest BCUT2D eigenvalue weighted by Gasteiger charge is -2.23. The van der Waals surface area contributed by atoms with Crippen LogP contribution in [0.4, 0.5) is 5.69 Å². The molecule has 0 aliphatic heterocycles. The maximum Gasteiger partial charge on any atom is 0.252 e. The van der Waals surface area contributed by atoms with Crippen LogP contribution in [0.1, 0.15) is 10.4 Å². The van der Waals surface area contributed by atoms with Crippen LogP contribution in [-0.2, 0) is 0 Å². The summed E-state index contributed by atoms with van der Waals surface area (Å²) in [7, 11) is 1.90. The standard InChI is InChI=1S/C17H19ClN2O2/c1-20(13-7-3-2-4-8-13)12-14(21)11-19-17(22)15-9-5-6-10-16(15)18/h2-10,14,21H,11-12H2,1H3,(H,19,22). The Morgan fingerprint density at radius 1 is 1.18 bits per heavy atom. The highest BCUT2D eigenvalue weighted by molar-refractivity contribution is 6.33. The van der Waals surface area contributed by atoms with Crippen molar-refractivity contribution in [1.29, 1.82) is 0 Å². The number of rotatable bonds is 6. The predicted octanol–water partition coefficient (Wildman–Crippen LogP) is 2.57. The van der Waals surface area contributed by atoms with Crippen LogP contribution in [0.2, 0.25) is 5.02 Å². The minimum Gasteiger partial charge on any atom is -0.389 e. The number of carbonyl (C=O) groups excluding carboxylic acids is 1. The number of aliphatic hydroxyl groups excluding tert-OH is 1. The van der Waals surface area contributed by atoms with E-state index >= 15 is 0 Å². The molecular weight excluding hydrogens is 300 g/mol. The summed E-state index contributed by atoms with van der Waals surface area (Å²) in [4.78, 5) is 13.9. The van der Waals surface area contributed by atoms with Gasteiger partial charge in [-0.2, -0.15) is 0 Å². The second-order valence-corrected chi connectivity index (χ2v) is 5.47.